The minimum Gasteiger partial charge on any atom is -0.494 e. The van der Waals surface area contributed by atoms with E-state index in [9.17, 15) is 8.42 Å². The summed E-state index contributed by atoms with van der Waals surface area (Å²) in [6.07, 6.45) is 1.41. The van der Waals surface area contributed by atoms with Crippen LogP contribution in [-0.2, 0) is 16.6 Å². The van der Waals surface area contributed by atoms with E-state index in [1.807, 2.05) is 13.8 Å². The highest BCUT2D eigenvalue weighted by Crippen LogP contribution is 2.16. The van der Waals surface area contributed by atoms with Gasteiger partial charge in [0.2, 0.25) is 10.0 Å². The maximum Gasteiger partial charge on any atom is 0.240 e. The summed E-state index contributed by atoms with van der Waals surface area (Å²) in [6, 6.07) is 8.03. The van der Waals surface area contributed by atoms with Crippen molar-refractivity contribution in [3.8, 4) is 5.75 Å². The molecule has 0 saturated heterocycles. The standard InChI is InChI=1S/C14H17N3O3S/c1-3-20-13-4-6-14(7-5-13)21(18,19)17-9-12-8-11(2)15-10-16-12/h4-8,10,17H,3,9H2,1-2H3. The van der Waals surface area contributed by atoms with Gasteiger partial charge < -0.3 is 4.74 Å². The van der Waals surface area contributed by atoms with E-state index in [0.29, 0.717) is 18.1 Å². The summed E-state index contributed by atoms with van der Waals surface area (Å²) in [5.74, 6) is 0.642. The number of nitrogens with one attached hydrogen (secondary N) is 1. The van der Waals surface area contributed by atoms with Crippen molar-refractivity contribution in [2.75, 3.05) is 6.61 Å². The molecule has 112 valence electrons. The molecule has 7 heteroatoms. The van der Waals surface area contributed by atoms with Gasteiger partial charge in [-0.2, -0.15) is 0 Å². The summed E-state index contributed by atoms with van der Waals surface area (Å²) in [5.41, 5.74) is 1.41. The lowest BCUT2D eigenvalue weighted by molar-refractivity contribution is 0.340. The number of sulfonamides is 1. The summed E-state index contributed by atoms with van der Waals surface area (Å²) < 4.78 is 32.1. The minimum atomic E-state index is -3.57. The lowest BCUT2D eigenvalue weighted by Crippen LogP contribution is -2.23. The van der Waals surface area contributed by atoms with Gasteiger partial charge in [0.25, 0.3) is 0 Å². The Morgan fingerprint density at radius 1 is 1.19 bits per heavy atom. The van der Waals surface area contributed by atoms with Crippen molar-refractivity contribution in [1.29, 1.82) is 0 Å². The average Bonchev–Trinajstić information content (AvgIpc) is 2.46. The molecular weight excluding hydrogens is 290 g/mol. The summed E-state index contributed by atoms with van der Waals surface area (Å²) in [5, 5.41) is 0. The molecule has 2 aromatic rings. The van der Waals surface area contributed by atoms with Gasteiger partial charge in [-0.1, -0.05) is 0 Å². The Labute approximate surface area is 124 Å². The fraction of sp³-hybridized carbons (Fsp3) is 0.286. The van der Waals surface area contributed by atoms with Gasteiger partial charge in [-0.05, 0) is 44.2 Å². The molecule has 0 saturated carbocycles. The smallest absolute Gasteiger partial charge is 0.240 e. The fourth-order valence-corrected chi connectivity index (χ4v) is 2.74. The van der Waals surface area contributed by atoms with Crippen LogP contribution in [0.5, 0.6) is 5.75 Å². The topological polar surface area (TPSA) is 81.2 Å². The molecule has 0 aliphatic heterocycles. The number of hydrogen-bond acceptors (Lipinski definition) is 5. The number of rotatable bonds is 6. The summed E-state index contributed by atoms with van der Waals surface area (Å²) >= 11 is 0. The highest BCUT2D eigenvalue weighted by molar-refractivity contribution is 7.89. The molecule has 0 aliphatic rings. The van der Waals surface area contributed by atoms with Gasteiger partial charge in [0.1, 0.15) is 12.1 Å². The second kappa shape index (κ2) is 6.64. The van der Waals surface area contributed by atoms with E-state index in [2.05, 4.69) is 14.7 Å². The Balaban J connectivity index is 2.07. The van der Waals surface area contributed by atoms with E-state index >= 15 is 0 Å². The number of benzene rings is 1. The summed E-state index contributed by atoms with van der Waals surface area (Å²) in [6.45, 7) is 4.36. The normalized spacial score (nSPS) is 11.3. The number of ether oxygens (including phenoxy) is 1. The van der Waals surface area contributed by atoms with Crippen molar-refractivity contribution in [3.63, 3.8) is 0 Å². The molecule has 1 heterocycles. The molecule has 6 nitrogen and oxygen atoms in total. The van der Waals surface area contributed by atoms with Crippen LogP contribution in [0.25, 0.3) is 0 Å². The maximum atomic E-state index is 12.2. The predicted molar refractivity (Wildman–Crippen MR) is 78.4 cm³/mol. The van der Waals surface area contributed by atoms with Crippen LogP contribution in [-0.4, -0.2) is 25.0 Å². The van der Waals surface area contributed by atoms with E-state index in [1.165, 1.54) is 18.5 Å². The Morgan fingerprint density at radius 3 is 2.52 bits per heavy atom. The number of aromatic nitrogens is 2. The fourth-order valence-electron chi connectivity index (χ4n) is 1.74. The molecule has 1 N–H and O–H groups in total. The van der Waals surface area contributed by atoms with Crippen LogP contribution >= 0.6 is 0 Å². The third kappa shape index (κ3) is 4.24. The second-order valence-electron chi connectivity index (χ2n) is 4.38. The van der Waals surface area contributed by atoms with E-state index in [-0.39, 0.29) is 11.4 Å². The number of nitrogens with zero attached hydrogens (tertiary/aromatic N) is 2. The van der Waals surface area contributed by atoms with Gasteiger partial charge in [-0.3, -0.25) is 0 Å². The molecule has 0 bridgehead atoms. The zero-order chi connectivity index (χ0) is 15.3. The molecular formula is C14H17N3O3S. The van der Waals surface area contributed by atoms with Crippen LogP contribution in [0.3, 0.4) is 0 Å². The Bertz CT molecular complexity index is 700. The van der Waals surface area contributed by atoms with Crippen molar-refractivity contribution in [1.82, 2.24) is 14.7 Å². The van der Waals surface area contributed by atoms with Gasteiger partial charge in [-0.15, -0.1) is 0 Å². The van der Waals surface area contributed by atoms with Crippen LogP contribution in [0.1, 0.15) is 18.3 Å². The average molecular weight is 307 g/mol. The second-order valence-corrected chi connectivity index (χ2v) is 6.15. The first-order valence-corrected chi connectivity index (χ1v) is 7.99. The third-order valence-electron chi connectivity index (χ3n) is 2.75. The highest BCUT2D eigenvalue weighted by atomic mass is 32.2. The van der Waals surface area contributed by atoms with Crippen LogP contribution in [0.15, 0.2) is 41.6 Å². The van der Waals surface area contributed by atoms with Crippen LogP contribution < -0.4 is 9.46 Å². The van der Waals surface area contributed by atoms with Crippen LogP contribution in [0, 0.1) is 6.92 Å². The van der Waals surface area contributed by atoms with Crippen molar-refractivity contribution in [3.05, 3.63) is 48.0 Å². The molecule has 0 aliphatic carbocycles. The van der Waals surface area contributed by atoms with E-state index in [4.69, 9.17) is 4.74 Å². The van der Waals surface area contributed by atoms with Crippen molar-refractivity contribution in [2.24, 2.45) is 0 Å². The maximum absolute atomic E-state index is 12.2. The Hall–Kier alpha value is -1.99. The van der Waals surface area contributed by atoms with Gasteiger partial charge >= 0.3 is 0 Å². The van der Waals surface area contributed by atoms with Gasteiger partial charge in [0.05, 0.1) is 23.7 Å². The molecule has 2 rings (SSSR count). The largest absolute Gasteiger partial charge is 0.494 e. The third-order valence-corrected chi connectivity index (χ3v) is 4.17. The van der Waals surface area contributed by atoms with Crippen LogP contribution in [0.4, 0.5) is 0 Å². The van der Waals surface area contributed by atoms with E-state index < -0.39 is 10.0 Å². The molecule has 21 heavy (non-hydrogen) atoms. The van der Waals surface area contributed by atoms with Crippen molar-refractivity contribution < 1.29 is 13.2 Å². The van der Waals surface area contributed by atoms with Gasteiger partial charge in [-0.25, -0.2) is 23.1 Å². The molecule has 1 aromatic carbocycles. The van der Waals surface area contributed by atoms with Gasteiger partial charge in [0, 0.05) is 5.69 Å². The SMILES string of the molecule is CCOc1ccc(S(=O)(=O)NCc2cc(C)ncn2)cc1. The minimum absolute atomic E-state index is 0.124. The molecule has 0 unspecified atom stereocenters. The molecule has 0 atom stereocenters. The molecule has 1 aromatic heterocycles. The monoisotopic (exact) mass is 307 g/mol. The number of aryl methyl sites for hydroxylation is 1. The summed E-state index contributed by atoms with van der Waals surface area (Å²) in [7, 11) is -3.57. The zero-order valence-electron chi connectivity index (χ0n) is 11.9. The molecule has 0 radical (unpaired) electrons. The van der Waals surface area contributed by atoms with Crippen molar-refractivity contribution in [2.45, 2.75) is 25.3 Å². The van der Waals surface area contributed by atoms with E-state index in [1.54, 1.807) is 18.2 Å². The lowest BCUT2D eigenvalue weighted by atomic mass is 10.3. The van der Waals surface area contributed by atoms with Crippen molar-refractivity contribution >= 4 is 10.0 Å². The predicted octanol–water partition coefficient (Wildman–Crippen LogP) is 1.66. The van der Waals surface area contributed by atoms with Crippen LogP contribution in [0.2, 0.25) is 0 Å². The quantitative estimate of drug-likeness (QED) is 0.878. The Kier molecular flexibility index (Phi) is 4.87. The van der Waals surface area contributed by atoms with Gasteiger partial charge in [0.15, 0.2) is 0 Å². The molecule has 0 fully saturated rings. The Morgan fingerprint density at radius 2 is 1.90 bits per heavy atom. The summed E-state index contributed by atoms with van der Waals surface area (Å²) in [4.78, 5) is 8.18. The number of hydrogen-bond donors (Lipinski definition) is 1. The highest BCUT2D eigenvalue weighted by Gasteiger charge is 2.14. The first-order chi connectivity index (χ1) is 10.0. The van der Waals surface area contributed by atoms with E-state index in [0.717, 1.165) is 5.69 Å². The molecule has 0 amide bonds. The first-order valence-electron chi connectivity index (χ1n) is 6.51. The lowest BCUT2D eigenvalue weighted by Gasteiger charge is -2.08. The first kappa shape index (κ1) is 15.4. The molecule has 0 spiro atoms. The zero-order valence-corrected chi connectivity index (χ0v) is 12.7.